The van der Waals surface area contributed by atoms with Crippen molar-refractivity contribution in [2.24, 2.45) is 14.1 Å². The smallest absolute Gasteiger partial charge is 0.332 e. The Morgan fingerprint density at radius 2 is 1.88 bits per heavy atom. The van der Waals surface area contributed by atoms with E-state index >= 15 is 0 Å². The van der Waals surface area contributed by atoms with Gasteiger partial charge in [0, 0.05) is 27.1 Å². The number of hydrogen-bond donors (Lipinski definition) is 2. The number of rotatable bonds is 8. The van der Waals surface area contributed by atoms with Gasteiger partial charge in [0.2, 0.25) is 5.91 Å². The Kier molecular flexibility index (Phi) is 6.13. The number of aryl methyl sites for hydroxylation is 1. The van der Waals surface area contributed by atoms with Crippen LogP contribution in [-0.2, 0) is 25.4 Å². The summed E-state index contributed by atoms with van der Waals surface area (Å²) in [6, 6.07) is 0. The summed E-state index contributed by atoms with van der Waals surface area (Å²) in [5.41, 5.74) is -0.349. The molecule has 0 spiro atoms. The molecule has 2 heterocycles. The molecule has 0 aliphatic rings. The molecular weight excluding hydrogens is 324 g/mol. The Morgan fingerprint density at radius 3 is 2.52 bits per heavy atom. The first kappa shape index (κ1) is 18.9. The molecule has 2 N–H and O–H groups in total. The summed E-state index contributed by atoms with van der Waals surface area (Å²) in [5, 5.41) is 2.87. The molecule has 0 saturated heterocycles. The van der Waals surface area contributed by atoms with Crippen molar-refractivity contribution in [3.05, 3.63) is 27.2 Å². The van der Waals surface area contributed by atoms with Gasteiger partial charge >= 0.3 is 5.69 Å². The number of carbonyl (C=O) groups is 1. The fraction of sp³-hybridized carbons (Fsp3) is 0.625. The largest absolute Gasteiger partial charge is 0.354 e. The molecule has 0 aliphatic heterocycles. The molecule has 25 heavy (non-hydrogen) atoms. The summed E-state index contributed by atoms with van der Waals surface area (Å²) in [4.78, 5) is 42.0. The van der Waals surface area contributed by atoms with Gasteiger partial charge in [-0.2, -0.15) is 0 Å². The lowest BCUT2D eigenvalue weighted by Crippen LogP contribution is -3.11. The monoisotopic (exact) mass is 351 g/mol. The van der Waals surface area contributed by atoms with Gasteiger partial charge in [0.1, 0.15) is 6.54 Å². The van der Waals surface area contributed by atoms with Gasteiger partial charge in [-0.1, -0.05) is 0 Å². The minimum absolute atomic E-state index is 0.00205. The maximum Gasteiger partial charge on any atom is 0.332 e. The van der Waals surface area contributed by atoms with Gasteiger partial charge in [-0.15, -0.1) is 0 Å². The van der Waals surface area contributed by atoms with Crippen molar-refractivity contribution in [2.45, 2.75) is 26.8 Å². The summed E-state index contributed by atoms with van der Waals surface area (Å²) in [5.74, 6) is -0.176. The fourth-order valence-electron chi connectivity index (χ4n) is 2.90. The van der Waals surface area contributed by atoms with Gasteiger partial charge in [-0.05, 0) is 13.8 Å². The number of amides is 1. The van der Waals surface area contributed by atoms with E-state index in [2.05, 4.69) is 24.1 Å². The molecule has 0 aromatic carbocycles. The van der Waals surface area contributed by atoms with E-state index in [9.17, 15) is 14.4 Å². The van der Waals surface area contributed by atoms with E-state index in [-0.39, 0.29) is 23.6 Å². The molecule has 0 aliphatic carbocycles. The van der Waals surface area contributed by atoms with Crippen LogP contribution < -0.4 is 21.5 Å². The second kappa shape index (κ2) is 8.11. The minimum atomic E-state index is -0.450. The molecule has 9 heteroatoms. The van der Waals surface area contributed by atoms with E-state index in [0.29, 0.717) is 6.54 Å². The van der Waals surface area contributed by atoms with E-state index in [1.807, 2.05) is 0 Å². The molecule has 0 saturated carbocycles. The highest BCUT2D eigenvalue weighted by Gasteiger charge is 2.15. The van der Waals surface area contributed by atoms with E-state index < -0.39 is 11.2 Å². The Balaban J connectivity index is 2.05. The van der Waals surface area contributed by atoms with Crippen LogP contribution in [0.1, 0.15) is 20.3 Å². The maximum absolute atomic E-state index is 12.3. The predicted octanol–water partition coefficient (Wildman–Crippen LogP) is -2.14. The molecule has 9 nitrogen and oxygen atoms in total. The normalized spacial score (nSPS) is 11.4. The third kappa shape index (κ3) is 3.98. The van der Waals surface area contributed by atoms with Crippen LogP contribution in [0, 0.1) is 0 Å². The van der Waals surface area contributed by atoms with Crippen molar-refractivity contribution in [2.75, 3.05) is 26.2 Å². The first-order valence-corrected chi connectivity index (χ1v) is 8.61. The average molecular weight is 351 g/mol. The maximum atomic E-state index is 12.3. The molecule has 0 fully saturated rings. The van der Waals surface area contributed by atoms with Crippen LogP contribution in [0.25, 0.3) is 11.2 Å². The molecule has 0 atom stereocenters. The van der Waals surface area contributed by atoms with Gasteiger partial charge in [0.25, 0.3) is 5.56 Å². The summed E-state index contributed by atoms with van der Waals surface area (Å²) >= 11 is 0. The first-order valence-electron chi connectivity index (χ1n) is 8.61. The van der Waals surface area contributed by atoms with Crippen molar-refractivity contribution < 1.29 is 9.69 Å². The second-order valence-corrected chi connectivity index (χ2v) is 6.16. The number of carbonyl (C=O) groups excluding carboxylic acids is 1. The van der Waals surface area contributed by atoms with Crippen molar-refractivity contribution >= 4 is 17.1 Å². The van der Waals surface area contributed by atoms with E-state index in [4.69, 9.17) is 0 Å². The molecule has 0 unspecified atom stereocenters. The second-order valence-electron chi connectivity index (χ2n) is 6.16. The molecular formula is C16H27N6O3+. The van der Waals surface area contributed by atoms with Gasteiger partial charge in [0.15, 0.2) is 11.2 Å². The standard InChI is InChI=1S/C16H26N6O3/c1-5-21(6-2)9-7-8-17-12(23)10-22-11-18-14-13(22)15(24)20(4)16(25)19(14)3/h11H,5-10H2,1-4H3,(H,17,23)/p+1. The van der Waals surface area contributed by atoms with Crippen LogP contribution in [0.2, 0.25) is 0 Å². The van der Waals surface area contributed by atoms with Gasteiger partial charge in [0.05, 0.1) is 26.0 Å². The summed E-state index contributed by atoms with van der Waals surface area (Å²) in [7, 11) is 2.97. The Labute approximate surface area is 145 Å². The van der Waals surface area contributed by atoms with Crippen LogP contribution in [0.3, 0.4) is 0 Å². The predicted molar refractivity (Wildman–Crippen MR) is 94.8 cm³/mol. The lowest BCUT2D eigenvalue weighted by atomic mass is 10.3. The van der Waals surface area contributed by atoms with Gasteiger partial charge in [-0.25, -0.2) is 9.78 Å². The van der Waals surface area contributed by atoms with Crippen LogP contribution >= 0.6 is 0 Å². The minimum Gasteiger partial charge on any atom is -0.354 e. The van der Waals surface area contributed by atoms with E-state index in [1.165, 1.54) is 27.4 Å². The highest BCUT2D eigenvalue weighted by Crippen LogP contribution is 2.04. The van der Waals surface area contributed by atoms with Crippen LogP contribution in [0.15, 0.2) is 15.9 Å². The average Bonchev–Trinajstić information content (AvgIpc) is 3.02. The molecule has 2 rings (SSSR count). The highest BCUT2D eigenvalue weighted by molar-refractivity contribution is 5.78. The van der Waals surface area contributed by atoms with Gasteiger partial charge in [-0.3, -0.25) is 18.7 Å². The number of hydrogen-bond acceptors (Lipinski definition) is 4. The Hall–Kier alpha value is -2.42. The van der Waals surface area contributed by atoms with Crippen LogP contribution in [0.5, 0.6) is 0 Å². The number of aromatic nitrogens is 4. The summed E-state index contributed by atoms with van der Waals surface area (Å²) < 4.78 is 3.81. The third-order valence-corrected chi connectivity index (χ3v) is 4.56. The third-order valence-electron chi connectivity index (χ3n) is 4.56. The molecule has 2 aromatic heterocycles. The lowest BCUT2D eigenvalue weighted by molar-refractivity contribution is -0.896. The summed E-state index contributed by atoms with van der Waals surface area (Å²) in [6.45, 7) is 8.07. The highest BCUT2D eigenvalue weighted by atomic mass is 16.2. The zero-order valence-corrected chi connectivity index (χ0v) is 15.3. The van der Waals surface area contributed by atoms with Crippen LogP contribution in [0.4, 0.5) is 0 Å². The first-order chi connectivity index (χ1) is 11.9. The Morgan fingerprint density at radius 1 is 1.20 bits per heavy atom. The zero-order chi connectivity index (χ0) is 18.6. The number of imidazole rings is 1. The molecule has 0 bridgehead atoms. The fourth-order valence-corrected chi connectivity index (χ4v) is 2.90. The van der Waals surface area contributed by atoms with Crippen LogP contribution in [-0.4, -0.2) is 50.8 Å². The Bertz CT molecular complexity index is 859. The zero-order valence-electron chi connectivity index (χ0n) is 15.3. The van der Waals surface area contributed by atoms with Gasteiger partial charge < -0.3 is 14.8 Å². The molecule has 1 amide bonds. The number of fused-ring (bicyclic) bond motifs is 1. The summed E-state index contributed by atoms with van der Waals surface area (Å²) in [6.07, 6.45) is 2.33. The van der Waals surface area contributed by atoms with E-state index in [0.717, 1.165) is 30.6 Å². The SMILES string of the molecule is CC[NH+](CC)CCCNC(=O)Cn1cnc2c1c(=O)n(C)c(=O)n2C. The topological polar surface area (TPSA) is 95.4 Å². The van der Waals surface area contributed by atoms with Crippen molar-refractivity contribution in [3.63, 3.8) is 0 Å². The van der Waals surface area contributed by atoms with Crippen molar-refractivity contribution in [1.29, 1.82) is 0 Å². The van der Waals surface area contributed by atoms with Crippen molar-refractivity contribution in [1.82, 2.24) is 24.0 Å². The number of nitrogens with one attached hydrogen (secondary N) is 2. The van der Waals surface area contributed by atoms with Crippen molar-refractivity contribution in [3.8, 4) is 0 Å². The molecule has 0 radical (unpaired) electrons. The molecule has 138 valence electrons. The number of nitrogens with zero attached hydrogens (tertiary/aromatic N) is 4. The van der Waals surface area contributed by atoms with E-state index in [1.54, 1.807) is 7.05 Å². The quantitative estimate of drug-likeness (QED) is 0.531. The number of quaternary nitrogens is 1. The molecule has 2 aromatic rings. The lowest BCUT2D eigenvalue weighted by Gasteiger charge is -2.15.